The second-order valence-corrected chi connectivity index (χ2v) is 9.26. The van der Waals surface area contributed by atoms with Crippen molar-refractivity contribution in [1.29, 1.82) is 0 Å². The van der Waals surface area contributed by atoms with E-state index in [-0.39, 0.29) is 11.8 Å². The molecule has 174 valence electrons. The van der Waals surface area contributed by atoms with E-state index in [0.717, 1.165) is 72.0 Å². The van der Waals surface area contributed by atoms with Gasteiger partial charge in [0.1, 0.15) is 5.82 Å². The Morgan fingerprint density at radius 1 is 1.09 bits per heavy atom. The standard InChI is InChI=1S/C27H28ClN5O/c1-3-19-6-4-5-7-23(19)30-27(34)21-12-14-32(15-13-21)26-16-18(2)29-25-17-24(31-33(25)26)20-8-10-22(28)11-9-20/h4-11,16-17,21H,3,12-15H2,1-2H3,(H,30,34). The molecule has 7 heteroatoms. The number of anilines is 2. The van der Waals surface area contributed by atoms with Gasteiger partial charge < -0.3 is 10.2 Å². The summed E-state index contributed by atoms with van der Waals surface area (Å²) in [5.74, 6) is 1.13. The molecule has 1 saturated heterocycles. The van der Waals surface area contributed by atoms with Gasteiger partial charge in [-0.1, -0.05) is 48.9 Å². The fraction of sp³-hybridized carbons (Fsp3) is 0.296. The van der Waals surface area contributed by atoms with E-state index in [1.807, 2.05) is 60.0 Å². The van der Waals surface area contributed by atoms with E-state index in [1.165, 1.54) is 0 Å². The van der Waals surface area contributed by atoms with Crippen LogP contribution in [0.5, 0.6) is 0 Å². The zero-order valence-electron chi connectivity index (χ0n) is 19.5. The van der Waals surface area contributed by atoms with Crippen molar-refractivity contribution >= 4 is 34.7 Å². The second-order valence-electron chi connectivity index (χ2n) is 8.82. The Bertz CT molecular complexity index is 1320. The molecule has 1 fully saturated rings. The smallest absolute Gasteiger partial charge is 0.227 e. The average molecular weight is 474 g/mol. The number of nitrogens with one attached hydrogen (secondary N) is 1. The number of nitrogens with zero attached hydrogens (tertiary/aromatic N) is 4. The quantitative estimate of drug-likeness (QED) is 0.399. The van der Waals surface area contributed by atoms with Crippen LogP contribution in [0.2, 0.25) is 5.02 Å². The lowest BCUT2D eigenvalue weighted by molar-refractivity contribution is -0.120. The largest absolute Gasteiger partial charge is 0.356 e. The van der Waals surface area contributed by atoms with Crippen molar-refractivity contribution in [2.24, 2.45) is 5.92 Å². The maximum atomic E-state index is 13.0. The van der Waals surface area contributed by atoms with Crippen LogP contribution in [0.4, 0.5) is 11.5 Å². The van der Waals surface area contributed by atoms with E-state index in [4.69, 9.17) is 16.7 Å². The van der Waals surface area contributed by atoms with Gasteiger partial charge in [-0.15, -0.1) is 0 Å². The molecule has 1 aliphatic heterocycles. The summed E-state index contributed by atoms with van der Waals surface area (Å²) in [5, 5.41) is 8.70. The van der Waals surface area contributed by atoms with E-state index in [2.05, 4.69) is 34.3 Å². The molecule has 0 saturated carbocycles. The van der Waals surface area contributed by atoms with Crippen molar-refractivity contribution < 1.29 is 4.79 Å². The Hall–Kier alpha value is -3.38. The highest BCUT2D eigenvalue weighted by atomic mass is 35.5. The van der Waals surface area contributed by atoms with Crippen molar-refractivity contribution in [1.82, 2.24) is 14.6 Å². The Morgan fingerprint density at radius 3 is 2.56 bits per heavy atom. The van der Waals surface area contributed by atoms with Crippen LogP contribution >= 0.6 is 11.6 Å². The Morgan fingerprint density at radius 2 is 1.82 bits per heavy atom. The zero-order valence-corrected chi connectivity index (χ0v) is 20.2. The summed E-state index contributed by atoms with van der Waals surface area (Å²) in [4.78, 5) is 20.0. The Kier molecular flexibility index (Phi) is 6.24. The van der Waals surface area contributed by atoms with Crippen LogP contribution in [0.15, 0.2) is 60.7 Å². The number of fused-ring (bicyclic) bond motifs is 1. The molecule has 0 atom stereocenters. The maximum Gasteiger partial charge on any atom is 0.227 e. The summed E-state index contributed by atoms with van der Waals surface area (Å²) in [7, 11) is 0. The molecule has 6 nitrogen and oxygen atoms in total. The van der Waals surface area contributed by atoms with Gasteiger partial charge in [0.05, 0.1) is 5.69 Å². The molecule has 0 aliphatic carbocycles. The van der Waals surface area contributed by atoms with Crippen LogP contribution in [-0.2, 0) is 11.2 Å². The first kappa shape index (κ1) is 22.4. The number of aryl methyl sites for hydroxylation is 2. The first-order chi connectivity index (χ1) is 16.5. The number of para-hydroxylation sites is 1. The van der Waals surface area contributed by atoms with Crippen LogP contribution in [0.1, 0.15) is 31.0 Å². The molecule has 1 amide bonds. The molecule has 1 aliphatic rings. The van der Waals surface area contributed by atoms with E-state index < -0.39 is 0 Å². The van der Waals surface area contributed by atoms with Crippen LogP contribution in [-0.4, -0.2) is 33.6 Å². The SMILES string of the molecule is CCc1ccccc1NC(=O)C1CCN(c2cc(C)nc3cc(-c4ccc(Cl)cc4)nn23)CC1. The highest BCUT2D eigenvalue weighted by molar-refractivity contribution is 6.30. The molecule has 0 unspecified atom stereocenters. The molecule has 5 rings (SSSR count). The van der Waals surface area contributed by atoms with Gasteiger partial charge in [0, 0.05) is 53.1 Å². The fourth-order valence-electron chi connectivity index (χ4n) is 4.62. The van der Waals surface area contributed by atoms with Gasteiger partial charge in [-0.05, 0) is 49.9 Å². The van der Waals surface area contributed by atoms with Crippen molar-refractivity contribution in [2.75, 3.05) is 23.3 Å². The molecule has 4 aromatic rings. The van der Waals surface area contributed by atoms with E-state index in [9.17, 15) is 4.79 Å². The number of amides is 1. The highest BCUT2D eigenvalue weighted by Gasteiger charge is 2.27. The Labute approximate surface area is 204 Å². The predicted molar refractivity (Wildman–Crippen MR) is 138 cm³/mol. The molecule has 34 heavy (non-hydrogen) atoms. The maximum absolute atomic E-state index is 13.0. The average Bonchev–Trinajstić information content (AvgIpc) is 3.28. The molecule has 0 spiro atoms. The van der Waals surface area contributed by atoms with Crippen molar-refractivity contribution in [3.63, 3.8) is 0 Å². The monoisotopic (exact) mass is 473 g/mol. The van der Waals surface area contributed by atoms with Gasteiger partial charge >= 0.3 is 0 Å². The first-order valence-corrected chi connectivity index (χ1v) is 12.2. The minimum atomic E-state index is 0.00170. The Balaban J connectivity index is 1.33. The third-order valence-corrected chi connectivity index (χ3v) is 6.77. The van der Waals surface area contributed by atoms with Gasteiger partial charge in [0.15, 0.2) is 5.65 Å². The number of rotatable bonds is 5. The van der Waals surface area contributed by atoms with E-state index >= 15 is 0 Å². The van der Waals surface area contributed by atoms with Crippen LogP contribution < -0.4 is 10.2 Å². The molecule has 3 heterocycles. The fourth-order valence-corrected chi connectivity index (χ4v) is 4.75. The molecule has 2 aromatic heterocycles. The third kappa shape index (κ3) is 4.50. The van der Waals surface area contributed by atoms with Gasteiger partial charge in [0.2, 0.25) is 5.91 Å². The second kappa shape index (κ2) is 9.47. The number of piperidine rings is 1. The van der Waals surface area contributed by atoms with Crippen molar-refractivity contribution in [3.8, 4) is 11.3 Å². The highest BCUT2D eigenvalue weighted by Crippen LogP contribution is 2.28. The molecular formula is C27H28ClN5O. The molecule has 1 N–H and O–H groups in total. The van der Waals surface area contributed by atoms with E-state index in [1.54, 1.807) is 0 Å². The lowest BCUT2D eigenvalue weighted by Crippen LogP contribution is -2.39. The number of benzene rings is 2. The van der Waals surface area contributed by atoms with Crippen molar-refractivity contribution in [3.05, 3.63) is 76.9 Å². The topological polar surface area (TPSA) is 62.5 Å². The lowest BCUT2D eigenvalue weighted by atomic mass is 9.95. The van der Waals surface area contributed by atoms with Gasteiger partial charge in [0.25, 0.3) is 0 Å². The van der Waals surface area contributed by atoms with Crippen LogP contribution in [0, 0.1) is 12.8 Å². The number of halogens is 1. The predicted octanol–water partition coefficient (Wildman–Crippen LogP) is 5.78. The number of carbonyl (C=O) groups excluding carboxylic acids is 1. The molecule has 0 bridgehead atoms. The first-order valence-electron chi connectivity index (χ1n) is 11.8. The summed E-state index contributed by atoms with van der Waals surface area (Å²) in [5.41, 5.74) is 5.71. The zero-order chi connectivity index (χ0) is 23.7. The summed E-state index contributed by atoms with van der Waals surface area (Å²) >= 11 is 6.05. The van der Waals surface area contributed by atoms with Crippen LogP contribution in [0.3, 0.4) is 0 Å². The summed E-state index contributed by atoms with van der Waals surface area (Å²) in [6.45, 7) is 5.70. The summed E-state index contributed by atoms with van der Waals surface area (Å²) in [6, 6.07) is 19.8. The van der Waals surface area contributed by atoms with Crippen LogP contribution in [0.25, 0.3) is 16.9 Å². The number of aromatic nitrogens is 3. The molecule has 0 radical (unpaired) electrons. The minimum Gasteiger partial charge on any atom is -0.356 e. The number of carbonyl (C=O) groups is 1. The van der Waals surface area contributed by atoms with Gasteiger partial charge in [-0.3, -0.25) is 4.79 Å². The number of hydrogen-bond donors (Lipinski definition) is 1. The summed E-state index contributed by atoms with van der Waals surface area (Å²) < 4.78 is 1.91. The normalized spacial score (nSPS) is 14.5. The van der Waals surface area contributed by atoms with Crippen molar-refractivity contribution in [2.45, 2.75) is 33.1 Å². The molecular weight excluding hydrogens is 446 g/mol. The summed E-state index contributed by atoms with van der Waals surface area (Å²) in [6.07, 6.45) is 2.50. The van der Waals surface area contributed by atoms with E-state index in [0.29, 0.717) is 5.02 Å². The molecule has 2 aromatic carbocycles. The minimum absolute atomic E-state index is 0.00170. The lowest BCUT2D eigenvalue weighted by Gasteiger charge is -2.33. The van der Waals surface area contributed by atoms with Gasteiger partial charge in [-0.2, -0.15) is 9.61 Å². The third-order valence-electron chi connectivity index (χ3n) is 6.52. The number of hydrogen-bond acceptors (Lipinski definition) is 4. The van der Waals surface area contributed by atoms with Gasteiger partial charge in [-0.25, -0.2) is 4.98 Å².